The van der Waals surface area contributed by atoms with Crippen LogP contribution < -0.4 is 9.25 Å². The fourth-order valence-corrected chi connectivity index (χ4v) is 13.4. The van der Waals surface area contributed by atoms with Crippen LogP contribution >= 0.6 is 0 Å². The SMILES string of the molecule is Cc1c(-c2ccc3c(c2)[se]c2ccccc23)c(C)[n+]2n1-c1ccc3c4ccccc4n4c3c1C21c2c-4cccc2-n2c3ccccc3c3ccc[n+]1c32. The van der Waals surface area contributed by atoms with Crippen molar-refractivity contribution >= 4 is 77.5 Å². The Morgan fingerprint density at radius 1 is 0.547 bits per heavy atom. The molecule has 0 fully saturated rings. The van der Waals surface area contributed by atoms with E-state index in [1.165, 1.54) is 114 Å². The van der Waals surface area contributed by atoms with Gasteiger partial charge in [-0.25, -0.2) is 0 Å². The topological polar surface area (TPSA) is 22.5 Å². The second-order valence-corrected chi connectivity index (χ2v) is 17.3. The molecule has 1 unspecified atom stereocenters. The summed E-state index contributed by atoms with van der Waals surface area (Å²) in [4.78, 5) is 0. The zero-order valence-corrected chi connectivity index (χ0v) is 30.6. The van der Waals surface area contributed by atoms with Gasteiger partial charge in [0.15, 0.2) is 0 Å². The number of para-hydroxylation sites is 2. The minimum absolute atomic E-state index is 0.295. The molecule has 0 saturated heterocycles. The minimum atomic E-state index is -0.668. The van der Waals surface area contributed by atoms with Crippen molar-refractivity contribution in [2.24, 2.45) is 0 Å². The summed E-state index contributed by atoms with van der Waals surface area (Å²) in [6.07, 6.45) is 2.34. The van der Waals surface area contributed by atoms with Crippen LogP contribution in [-0.2, 0) is 5.66 Å². The first-order valence-corrected chi connectivity index (χ1v) is 20.1. The van der Waals surface area contributed by atoms with Crippen molar-refractivity contribution in [1.29, 1.82) is 0 Å². The van der Waals surface area contributed by atoms with Crippen molar-refractivity contribution in [2.75, 3.05) is 0 Å². The molecule has 0 bridgehead atoms. The molecule has 0 aliphatic carbocycles. The number of benzene rings is 6. The van der Waals surface area contributed by atoms with Gasteiger partial charge in [-0.05, 0) is 0 Å². The van der Waals surface area contributed by atoms with Crippen LogP contribution in [0.4, 0.5) is 0 Å². The van der Waals surface area contributed by atoms with Crippen LogP contribution in [0.5, 0.6) is 0 Å². The molecule has 0 amide bonds. The molecule has 1 atom stereocenters. The van der Waals surface area contributed by atoms with E-state index < -0.39 is 5.66 Å². The average Bonchev–Trinajstić information content (AvgIpc) is 3.97. The fraction of sp³-hybridized carbons (Fsp3) is 0.0638. The normalized spacial score (nSPS) is 16.2. The molecule has 6 aromatic carbocycles. The van der Waals surface area contributed by atoms with Crippen molar-refractivity contribution in [3.8, 4) is 28.2 Å². The number of nitrogens with zero attached hydrogens (tertiary/aromatic N) is 5. The van der Waals surface area contributed by atoms with Gasteiger partial charge < -0.3 is 0 Å². The van der Waals surface area contributed by atoms with Crippen LogP contribution in [0, 0.1) is 13.8 Å². The molecular formula is C47H29N5Se+2. The summed E-state index contributed by atoms with van der Waals surface area (Å²) in [7, 11) is 0. The predicted octanol–water partition coefficient (Wildman–Crippen LogP) is 9.13. The van der Waals surface area contributed by atoms with Gasteiger partial charge in [0.05, 0.1) is 0 Å². The maximum atomic E-state index is 2.67. The van der Waals surface area contributed by atoms with Gasteiger partial charge in [0.2, 0.25) is 0 Å². The van der Waals surface area contributed by atoms with E-state index in [0.29, 0.717) is 14.5 Å². The van der Waals surface area contributed by atoms with Crippen LogP contribution in [-0.4, -0.2) is 28.3 Å². The number of hydrogen-bond acceptors (Lipinski definition) is 0. The summed E-state index contributed by atoms with van der Waals surface area (Å²) < 4.78 is 15.9. The Labute approximate surface area is 309 Å². The van der Waals surface area contributed by atoms with E-state index in [1.807, 2.05) is 0 Å². The van der Waals surface area contributed by atoms with Gasteiger partial charge >= 0.3 is 286 Å². The molecule has 0 radical (unpaired) electrons. The third-order valence-corrected chi connectivity index (χ3v) is 15.1. The summed E-state index contributed by atoms with van der Waals surface area (Å²) in [5, 5.41) is 7.94. The first-order valence-electron chi connectivity index (χ1n) is 18.4. The molecule has 14 rings (SSSR count). The van der Waals surface area contributed by atoms with E-state index >= 15 is 0 Å². The second kappa shape index (κ2) is 8.87. The molecule has 8 heterocycles. The van der Waals surface area contributed by atoms with Gasteiger partial charge in [0, 0.05) is 0 Å². The maximum absolute atomic E-state index is 2.67. The Bertz CT molecular complexity index is 3540. The average molecular weight is 743 g/mol. The van der Waals surface area contributed by atoms with Gasteiger partial charge in [-0.3, -0.25) is 0 Å². The molecule has 3 aliphatic rings. The van der Waals surface area contributed by atoms with E-state index in [0.717, 1.165) is 0 Å². The molecule has 246 valence electrons. The van der Waals surface area contributed by atoms with Gasteiger partial charge in [-0.2, -0.15) is 0 Å². The second-order valence-electron chi connectivity index (χ2n) is 15.0. The molecule has 5 nitrogen and oxygen atoms in total. The summed E-state index contributed by atoms with van der Waals surface area (Å²) in [6.45, 7) is 4.70. The third kappa shape index (κ3) is 2.81. The predicted molar refractivity (Wildman–Crippen MR) is 213 cm³/mol. The quantitative estimate of drug-likeness (QED) is 0.118. The van der Waals surface area contributed by atoms with Crippen LogP contribution in [0.15, 0.2) is 140 Å². The molecular weight excluding hydrogens is 714 g/mol. The monoisotopic (exact) mass is 743 g/mol. The van der Waals surface area contributed by atoms with Crippen molar-refractivity contribution in [3.63, 3.8) is 0 Å². The van der Waals surface area contributed by atoms with Crippen LogP contribution in [0.3, 0.4) is 0 Å². The zero-order chi connectivity index (χ0) is 34.5. The summed E-state index contributed by atoms with van der Waals surface area (Å²) in [5.74, 6) is 0. The Kier molecular flexibility index (Phi) is 4.59. The Morgan fingerprint density at radius 2 is 1.23 bits per heavy atom. The van der Waals surface area contributed by atoms with Crippen LogP contribution in [0.2, 0.25) is 0 Å². The van der Waals surface area contributed by atoms with Crippen molar-refractivity contribution < 1.29 is 9.25 Å². The standard InChI is InChI=1S/C47H29N5Se/c1-26-42(28-20-21-32-31-13-5-8-19-40(31)53-41(32)25-28)27(2)52-47-43-37(49-35-15-6-3-11-29(35)33-22-23-39(51(26)52)44(47)45(33)49)17-9-18-38(43)50-36-16-7-4-12-30(36)34-14-10-24-48(47)46(34)50/h3-25H,1-2H3/q+2. The first kappa shape index (κ1) is 27.5. The molecule has 53 heavy (non-hydrogen) atoms. The van der Waals surface area contributed by atoms with Gasteiger partial charge in [0.1, 0.15) is 0 Å². The fourth-order valence-electron chi connectivity index (χ4n) is 11.0. The first-order chi connectivity index (χ1) is 26.2. The zero-order valence-electron chi connectivity index (χ0n) is 28.9. The molecule has 6 heteroatoms. The van der Waals surface area contributed by atoms with Crippen molar-refractivity contribution in [1.82, 2.24) is 13.8 Å². The molecule has 1 spiro atoms. The molecule has 0 saturated carbocycles. The number of rotatable bonds is 1. The van der Waals surface area contributed by atoms with Gasteiger partial charge in [-0.1, -0.05) is 24.3 Å². The molecule has 5 aromatic heterocycles. The van der Waals surface area contributed by atoms with E-state index in [2.05, 4.69) is 177 Å². The Hall–Kier alpha value is -6.20. The number of pyridine rings is 1. The van der Waals surface area contributed by atoms with E-state index in [9.17, 15) is 0 Å². The van der Waals surface area contributed by atoms with Gasteiger partial charge in [0.25, 0.3) is 0 Å². The van der Waals surface area contributed by atoms with Crippen molar-refractivity contribution in [2.45, 2.75) is 19.5 Å². The summed E-state index contributed by atoms with van der Waals surface area (Å²) >= 11 is 0.295. The van der Waals surface area contributed by atoms with Crippen molar-refractivity contribution in [3.05, 3.63) is 162 Å². The van der Waals surface area contributed by atoms with E-state index in [4.69, 9.17) is 0 Å². The molecule has 3 aliphatic heterocycles. The summed E-state index contributed by atoms with van der Waals surface area (Å²) in [6, 6.07) is 50.4. The van der Waals surface area contributed by atoms with Crippen LogP contribution in [0.25, 0.3) is 91.2 Å². The van der Waals surface area contributed by atoms with Crippen LogP contribution in [0.1, 0.15) is 22.5 Å². The van der Waals surface area contributed by atoms with E-state index in [1.54, 1.807) is 0 Å². The Morgan fingerprint density at radius 3 is 2.08 bits per heavy atom. The number of aromatic nitrogens is 5. The number of fused-ring (bicyclic) bond motifs is 13. The molecule has 0 N–H and O–H groups in total. The Balaban J connectivity index is 1.21. The van der Waals surface area contributed by atoms with Gasteiger partial charge in [-0.15, -0.1) is 0 Å². The summed E-state index contributed by atoms with van der Waals surface area (Å²) in [5.41, 5.74) is 15.9. The van der Waals surface area contributed by atoms with E-state index in [-0.39, 0.29) is 0 Å². The third-order valence-electron chi connectivity index (χ3n) is 12.7. The molecule has 11 aromatic rings. The number of hydrogen-bond donors (Lipinski definition) is 0.